The Bertz CT molecular complexity index is 887. The number of amides is 1. The van der Waals surface area contributed by atoms with Crippen molar-refractivity contribution < 1.29 is 4.79 Å². The van der Waals surface area contributed by atoms with Gasteiger partial charge in [-0.25, -0.2) is 5.43 Å². The topological polar surface area (TPSA) is 46.4 Å². The molecule has 0 atom stereocenters. The molecule has 0 aliphatic heterocycles. The molecule has 0 spiro atoms. The lowest BCUT2D eigenvalue weighted by molar-refractivity contribution is 0.0955. The Morgan fingerprint density at radius 2 is 1.44 bits per heavy atom. The van der Waals surface area contributed by atoms with E-state index in [0.717, 1.165) is 17.0 Å². The van der Waals surface area contributed by atoms with Crippen molar-refractivity contribution in [2.24, 2.45) is 5.10 Å². The molecule has 25 heavy (non-hydrogen) atoms. The van der Waals surface area contributed by atoms with Crippen molar-refractivity contribution in [2.45, 2.75) is 20.8 Å². The van der Waals surface area contributed by atoms with E-state index in [1.54, 1.807) is 12.1 Å². The van der Waals surface area contributed by atoms with E-state index in [1.807, 2.05) is 37.3 Å². The minimum Gasteiger partial charge on any atom is -0.319 e. The maximum atomic E-state index is 12.0. The molecule has 0 fully saturated rings. The van der Waals surface area contributed by atoms with E-state index < -0.39 is 0 Å². The molecule has 0 bridgehead atoms. The van der Waals surface area contributed by atoms with Crippen molar-refractivity contribution in [3.8, 4) is 5.69 Å². The third kappa shape index (κ3) is 3.69. The van der Waals surface area contributed by atoms with E-state index in [9.17, 15) is 4.79 Å². The molecule has 0 unspecified atom stereocenters. The van der Waals surface area contributed by atoms with Gasteiger partial charge in [0, 0.05) is 22.6 Å². The van der Waals surface area contributed by atoms with Gasteiger partial charge in [0.2, 0.25) is 0 Å². The summed E-state index contributed by atoms with van der Waals surface area (Å²) < 4.78 is 2.20. The summed E-state index contributed by atoms with van der Waals surface area (Å²) in [6.07, 6.45) is 0. The van der Waals surface area contributed by atoms with Crippen molar-refractivity contribution >= 4 is 11.6 Å². The lowest BCUT2D eigenvalue weighted by Gasteiger charge is -2.10. The number of rotatable bonds is 4. The van der Waals surface area contributed by atoms with Gasteiger partial charge >= 0.3 is 0 Å². The normalized spacial score (nSPS) is 11.4. The van der Waals surface area contributed by atoms with Crippen LogP contribution in [0.3, 0.4) is 0 Å². The molecule has 3 rings (SSSR count). The van der Waals surface area contributed by atoms with E-state index in [-0.39, 0.29) is 5.91 Å². The Morgan fingerprint density at radius 1 is 0.840 bits per heavy atom. The van der Waals surface area contributed by atoms with Crippen LogP contribution in [-0.2, 0) is 0 Å². The van der Waals surface area contributed by atoms with Crippen molar-refractivity contribution in [2.75, 3.05) is 0 Å². The van der Waals surface area contributed by atoms with Gasteiger partial charge < -0.3 is 4.57 Å². The summed E-state index contributed by atoms with van der Waals surface area (Å²) in [6.45, 7) is 6.06. The molecule has 126 valence electrons. The highest BCUT2D eigenvalue weighted by molar-refractivity contribution is 6.00. The van der Waals surface area contributed by atoms with Gasteiger partial charge in [0.15, 0.2) is 0 Å². The van der Waals surface area contributed by atoms with E-state index in [2.05, 4.69) is 53.2 Å². The number of hydrogen-bond donors (Lipinski definition) is 1. The zero-order chi connectivity index (χ0) is 17.8. The fourth-order valence-corrected chi connectivity index (χ4v) is 2.78. The highest BCUT2D eigenvalue weighted by Gasteiger charge is 2.06. The first-order chi connectivity index (χ1) is 12.1. The molecule has 1 heterocycles. The van der Waals surface area contributed by atoms with E-state index in [0.29, 0.717) is 5.56 Å². The molecule has 0 aliphatic carbocycles. The number of nitrogens with one attached hydrogen (secondary N) is 1. The Balaban J connectivity index is 1.74. The van der Waals surface area contributed by atoms with Crippen LogP contribution in [0.2, 0.25) is 0 Å². The monoisotopic (exact) mass is 331 g/mol. The third-order valence-electron chi connectivity index (χ3n) is 4.18. The molecule has 3 aromatic rings. The lowest BCUT2D eigenvalue weighted by atomic mass is 10.1. The zero-order valence-electron chi connectivity index (χ0n) is 14.7. The van der Waals surface area contributed by atoms with Crippen LogP contribution < -0.4 is 5.43 Å². The maximum absolute atomic E-state index is 12.0. The van der Waals surface area contributed by atoms with Gasteiger partial charge in [-0.3, -0.25) is 4.79 Å². The van der Waals surface area contributed by atoms with E-state index in [4.69, 9.17) is 0 Å². The van der Waals surface area contributed by atoms with Gasteiger partial charge in [-0.15, -0.1) is 0 Å². The lowest BCUT2D eigenvalue weighted by Crippen LogP contribution is -2.19. The first-order valence-corrected chi connectivity index (χ1v) is 8.21. The van der Waals surface area contributed by atoms with Crippen LogP contribution in [0, 0.1) is 13.8 Å². The summed E-state index contributed by atoms with van der Waals surface area (Å²) in [5, 5.41) is 4.21. The number of nitrogens with zero attached hydrogens (tertiary/aromatic N) is 2. The number of carbonyl (C=O) groups is 1. The van der Waals surface area contributed by atoms with Gasteiger partial charge in [0.05, 0.1) is 5.71 Å². The van der Waals surface area contributed by atoms with Crippen LogP contribution in [0.25, 0.3) is 5.69 Å². The Hall–Kier alpha value is -3.14. The molecule has 1 amide bonds. The van der Waals surface area contributed by atoms with Crippen LogP contribution in [0.1, 0.15) is 34.2 Å². The molecule has 0 aliphatic rings. The quantitative estimate of drug-likeness (QED) is 0.564. The number of hydrogen-bond acceptors (Lipinski definition) is 2. The molecule has 0 saturated carbocycles. The highest BCUT2D eigenvalue weighted by atomic mass is 16.2. The molecule has 4 nitrogen and oxygen atoms in total. The second kappa shape index (κ2) is 7.18. The molecule has 0 radical (unpaired) electrons. The smallest absolute Gasteiger partial charge is 0.271 e. The molecule has 2 aromatic carbocycles. The first-order valence-electron chi connectivity index (χ1n) is 8.21. The fourth-order valence-electron chi connectivity index (χ4n) is 2.78. The molecule has 1 aromatic heterocycles. The summed E-state index contributed by atoms with van der Waals surface area (Å²) in [5.74, 6) is -0.213. The summed E-state index contributed by atoms with van der Waals surface area (Å²) in [6, 6.07) is 21.4. The second-order valence-electron chi connectivity index (χ2n) is 6.00. The SMILES string of the molecule is C/C(=N\NC(=O)c1ccccc1)c1ccc(-n2c(C)ccc2C)cc1. The van der Waals surface area contributed by atoms with Crippen molar-refractivity contribution in [1.82, 2.24) is 9.99 Å². The summed E-state index contributed by atoms with van der Waals surface area (Å²) >= 11 is 0. The van der Waals surface area contributed by atoms with Crippen LogP contribution in [0.5, 0.6) is 0 Å². The molecular weight excluding hydrogens is 310 g/mol. The van der Waals surface area contributed by atoms with Crippen LogP contribution in [-0.4, -0.2) is 16.2 Å². The average molecular weight is 331 g/mol. The molecule has 1 N–H and O–H groups in total. The largest absolute Gasteiger partial charge is 0.319 e. The van der Waals surface area contributed by atoms with Gasteiger partial charge in [-0.2, -0.15) is 5.10 Å². The van der Waals surface area contributed by atoms with Gasteiger partial charge in [0.25, 0.3) is 5.91 Å². The van der Waals surface area contributed by atoms with Crippen molar-refractivity contribution in [1.29, 1.82) is 0 Å². The first kappa shape index (κ1) is 16.7. The van der Waals surface area contributed by atoms with Crippen LogP contribution in [0.4, 0.5) is 0 Å². The third-order valence-corrected chi connectivity index (χ3v) is 4.18. The van der Waals surface area contributed by atoms with Crippen molar-refractivity contribution in [3.05, 3.63) is 89.2 Å². The number of hydrazone groups is 1. The summed E-state index contributed by atoms with van der Waals surface area (Å²) in [7, 11) is 0. The molecular formula is C21H21N3O. The predicted octanol–water partition coefficient (Wildman–Crippen LogP) is 4.25. The number of carbonyl (C=O) groups excluding carboxylic acids is 1. The predicted molar refractivity (Wildman–Crippen MR) is 101 cm³/mol. The molecule has 0 saturated heterocycles. The number of aryl methyl sites for hydroxylation is 2. The van der Waals surface area contributed by atoms with Gasteiger partial charge in [-0.05, 0) is 62.7 Å². The Kier molecular flexibility index (Phi) is 4.80. The minimum absolute atomic E-state index is 0.213. The van der Waals surface area contributed by atoms with Crippen LogP contribution >= 0.6 is 0 Å². The maximum Gasteiger partial charge on any atom is 0.271 e. The number of benzene rings is 2. The number of aromatic nitrogens is 1. The fraction of sp³-hybridized carbons (Fsp3) is 0.143. The average Bonchev–Trinajstić information content (AvgIpc) is 2.98. The van der Waals surface area contributed by atoms with Crippen molar-refractivity contribution in [3.63, 3.8) is 0 Å². The van der Waals surface area contributed by atoms with E-state index >= 15 is 0 Å². The van der Waals surface area contributed by atoms with Crippen LogP contribution in [0.15, 0.2) is 71.8 Å². The standard InChI is InChI=1S/C21H21N3O/c1-15-9-10-16(2)24(15)20-13-11-18(12-14-20)17(3)22-23-21(25)19-7-5-4-6-8-19/h4-14H,1-3H3,(H,23,25)/b22-17+. The van der Waals surface area contributed by atoms with Gasteiger partial charge in [-0.1, -0.05) is 30.3 Å². The minimum atomic E-state index is -0.213. The Labute approximate surface area is 147 Å². The summed E-state index contributed by atoms with van der Waals surface area (Å²) in [4.78, 5) is 12.0. The zero-order valence-corrected chi connectivity index (χ0v) is 14.7. The second-order valence-corrected chi connectivity index (χ2v) is 6.00. The summed E-state index contributed by atoms with van der Waals surface area (Å²) in [5.41, 5.74) is 8.44. The molecule has 4 heteroatoms. The highest BCUT2D eigenvalue weighted by Crippen LogP contribution is 2.17. The Morgan fingerprint density at radius 3 is 2.04 bits per heavy atom. The van der Waals surface area contributed by atoms with E-state index in [1.165, 1.54) is 11.4 Å². The van der Waals surface area contributed by atoms with Gasteiger partial charge in [0.1, 0.15) is 0 Å².